The minimum atomic E-state index is 0.764. The van der Waals surface area contributed by atoms with E-state index in [1.807, 2.05) is 17.7 Å². The Labute approximate surface area is 87.8 Å². The van der Waals surface area contributed by atoms with Crippen LogP contribution < -0.4 is 0 Å². The van der Waals surface area contributed by atoms with Crippen molar-refractivity contribution in [1.82, 2.24) is 14.5 Å². The third-order valence-corrected chi connectivity index (χ3v) is 2.52. The molecule has 74 valence electrons. The molecule has 0 aliphatic carbocycles. The van der Waals surface area contributed by atoms with Gasteiger partial charge in [-0.25, -0.2) is 4.98 Å². The topological polar surface area (TPSA) is 33.6 Å². The third kappa shape index (κ3) is 1.46. The number of nitrogens with zero attached hydrogens (tertiary/aromatic N) is 2. The molecule has 2 heterocycles. The number of imidazole rings is 1. The second-order valence-electron chi connectivity index (χ2n) is 3.47. The summed E-state index contributed by atoms with van der Waals surface area (Å²) >= 11 is 5.23. The zero-order valence-electron chi connectivity index (χ0n) is 8.37. The van der Waals surface area contributed by atoms with Crippen molar-refractivity contribution >= 4 is 23.4 Å². The molecule has 0 spiro atoms. The van der Waals surface area contributed by atoms with Gasteiger partial charge in [-0.3, -0.25) is 0 Å². The smallest absolute Gasteiger partial charge is 0.179 e. The van der Waals surface area contributed by atoms with E-state index in [-0.39, 0.29) is 0 Å². The zero-order valence-corrected chi connectivity index (χ0v) is 9.19. The van der Waals surface area contributed by atoms with E-state index in [2.05, 4.69) is 23.0 Å². The molecular formula is C10H13N3S. The van der Waals surface area contributed by atoms with Gasteiger partial charge in [0.25, 0.3) is 0 Å². The van der Waals surface area contributed by atoms with Gasteiger partial charge in [-0.05, 0) is 37.2 Å². The lowest BCUT2D eigenvalue weighted by Gasteiger charge is -2.00. The highest BCUT2D eigenvalue weighted by Gasteiger charge is 2.03. The van der Waals surface area contributed by atoms with Crippen LogP contribution in [-0.2, 0) is 6.54 Å². The predicted octanol–water partition coefficient (Wildman–Crippen LogP) is 2.81. The van der Waals surface area contributed by atoms with Crippen molar-refractivity contribution in [1.29, 1.82) is 0 Å². The molecule has 0 saturated carbocycles. The van der Waals surface area contributed by atoms with Crippen molar-refractivity contribution in [3.05, 3.63) is 22.6 Å². The lowest BCUT2D eigenvalue weighted by Crippen LogP contribution is -1.97. The SMILES string of the molecule is CCCn1c(=S)[nH]c2cc(C)cnc21. The summed E-state index contributed by atoms with van der Waals surface area (Å²) in [5.41, 5.74) is 3.14. The van der Waals surface area contributed by atoms with Gasteiger partial charge in [0.15, 0.2) is 10.4 Å². The van der Waals surface area contributed by atoms with Crippen LogP contribution in [0.15, 0.2) is 12.3 Å². The second kappa shape index (κ2) is 3.53. The fraction of sp³-hybridized carbons (Fsp3) is 0.400. The quantitative estimate of drug-likeness (QED) is 0.768. The Morgan fingerprint density at radius 2 is 2.36 bits per heavy atom. The summed E-state index contributed by atoms with van der Waals surface area (Å²) in [7, 11) is 0. The molecule has 1 N–H and O–H groups in total. The highest BCUT2D eigenvalue weighted by Crippen LogP contribution is 2.13. The number of aromatic amines is 1. The Morgan fingerprint density at radius 1 is 1.57 bits per heavy atom. The van der Waals surface area contributed by atoms with Crippen LogP contribution in [0.4, 0.5) is 0 Å². The van der Waals surface area contributed by atoms with Crippen LogP contribution in [0.3, 0.4) is 0 Å². The highest BCUT2D eigenvalue weighted by atomic mass is 32.1. The summed E-state index contributed by atoms with van der Waals surface area (Å²) in [4.78, 5) is 7.55. The molecule has 4 heteroatoms. The van der Waals surface area contributed by atoms with Gasteiger partial charge in [0.2, 0.25) is 0 Å². The predicted molar refractivity (Wildman–Crippen MR) is 59.9 cm³/mol. The zero-order chi connectivity index (χ0) is 10.1. The Bertz CT molecular complexity index is 510. The Kier molecular flexibility index (Phi) is 2.37. The number of hydrogen-bond donors (Lipinski definition) is 1. The summed E-state index contributed by atoms with van der Waals surface area (Å²) in [5.74, 6) is 0. The summed E-state index contributed by atoms with van der Waals surface area (Å²) in [6.45, 7) is 5.09. The summed E-state index contributed by atoms with van der Waals surface area (Å²) in [5, 5.41) is 0. The van der Waals surface area contributed by atoms with Crippen LogP contribution in [0, 0.1) is 11.7 Å². The van der Waals surface area contributed by atoms with Crippen molar-refractivity contribution in [3.63, 3.8) is 0 Å². The highest BCUT2D eigenvalue weighted by molar-refractivity contribution is 7.71. The maximum atomic E-state index is 5.23. The Morgan fingerprint density at radius 3 is 3.07 bits per heavy atom. The number of rotatable bonds is 2. The van der Waals surface area contributed by atoms with Gasteiger partial charge in [-0.15, -0.1) is 0 Å². The van der Waals surface area contributed by atoms with E-state index in [1.54, 1.807) is 0 Å². The number of hydrogen-bond acceptors (Lipinski definition) is 2. The van der Waals surface area contributed by atoms with E-state index < -0.39 is 0 Å². The Hall–Kier alpha value is -1.16. The van der Waals surface area contributed by atoms with Gasteiger partial charge >= 0.3 is 0 Å². The largest absolute Gasteiger partial charge is 0.329 e. The van der Waals surface area contributed by atoms with E-state index in [4.69, 9.17) is 12.2 Å². The molecular weight excluding hydrogens is 194 g/mol. The number of fused-ring (bicyclic) bond motifs is 1. The van der Waals surface area contributed by atoms with Gasteiger partial charge in [0.1, 0.15) is 0 Å². The Balaban J connectivity index is 2.71. The number of nitrogens with one attached hydrogen (secondary N) is 1. The fourth-order valence-electron chi connectivity index (χ4n) is 1.58. The molecule has 0 saturated heterocycles. The molecule has 2 aromatic heterocycles. The van der Waals surface area contributed by atoms with Crippen molar-refractivity contribution in [2.75, 3.05) is 0 Å². The van der Waals surface area contributed by atoms with Crippen LogP contribution in [-0.4, -0.2) is 14.5 Å². The van der Waals surface area contributed by atoms with E-state index in [1.165, 1.54) is 0 Å². The minimum absolute atomic E-state index is 0.764. The standard InChI is InChI=1S/C10H13N3S/c1-3-4-13-9-8(12-10(13)14)5-7(2)6-11-9/h5-6H,3-4H2,1-2H3,(H,12,14). The summed E-state index contributed by atoms with van der Waals surface area (Å²) in [6.07, 6.45) is 2.94. The molecule has 0 radical (unpaired) electrons. The van der Waals surface area contributed by atoms with Crippen LogP contribution in [0.25, 0.3) is 11.2 Å². The van der Waals surface area contributed by atoms with Crippen LogP contribution in [0.5, 0.6) is 0 Å². The number of pyridine rings is 1. The van der Waals surface area contributed by atoms with Gasteiger partial charge < -0.3 is 9.55 Å². The molecule has 14 heavy (non-hydrogen) atoms. The molecule has 0 aromatic carbocycles. The van der Waals surface area contributed by atoms with Crippen molar-refractivity contribution in [2.24, 2.45) is 0 Å². The second-order valence-corrected chi connectivity index (χ2v) is 3.85. The number of H-pyrrole nitrogens is 1. The molecule has 0 amide bonds. The van der Waals surface area contributed by atoms with E-state index >= 15 is 0 Å². The number of aromatic nitrogens is 3. The van der Waals surface area contributed by atoms with E-state index in [9.17, 15) is 0 Å². The van der Waals surface area contributed by atoms with Crippen LogP contribution in [0.2, 0.25) is 0 Å². The summed E-state index contributed by atoms with van der Waals surface area (Å²) in [6, 6.07) is 2.07. The van der Waals surface area contributed by atoms with Crippen LogP contribution >= 0.6 is 12.2 Å². The van der Waals surface area contributed by atoms with E-state index in [0.717, 1.165) is 34.5 Å². The van der Waals surface area contributed by atoms with E-state index in [0.29, 0.717) is 0 Å². The molecule has 0 aliphatic rings. The molecule has 0 bridgehead atoms. The van der Waals surface area contributed by atoms with Crippen molar-refractivity contribution < 1.29 is 0 Å². The third-order valence-electron chi connectivity index (χ3n) is 2.19. The molecule has 2 aromatic rings. The van der Waals surface area contributed by atoms with Crippen molar-refractivity contribution in [3.8, 4) is 0 Å². The van der Waals surface area contributed by atoms with Gasteiger partial charge in [-0.2, -0.15) is 0 Å². The fourth-order valence-corrected chi connectivity index (χ4v) is 1.87. The lowest BCUT2D eigenvalue weighted by atomic mass is 10.3. The maximum Gasteiger partial charge on any atom is 0.179 e. The molecule has 2 rings (SSSR count). The average Bonchev–Trinajstić information content (AvgIpc) is 2.43. The molecule has 0 fully saturated rings. The molecule has 0 aliphatic heterocycles. The minimum Gasteiger partial charge on any atom is -0.329 e. The van der Waals surface area contributed by atoms with Crippen molar-refractivity contribution in [2.45, 2.75) is 26.8 Å². The first-order chi connectivity index (χ1) is 6.72. The molecule has 0 unspecified atom stereocenters. The normalized spacial score (nSPS) is 11.0. The van der Waals surface area contributed by atoms with Gasteiger partial charge in [0, 0.05) is 12.7 Å². The van der Waals surface area contributed by atoms with Gasteiger partial charge in [0.05, 0.1) is 5.52 Å². The lowest BCUT2D eigenvalue weighted by molar-refractivity contribution is 0.683. The molecule has 0 atom stereocenters. The first-order valence-electron chi connectivity index (χ1n) is 4.77. The molecule has 3 nitrogen and oxygen atoms in total. The van der Waals surface area contributed by atoms with Crippen LogP contribution in [0.1, 0.15) is 18.9 Å². The maximum absolute atomic E-state index is 5.23. The average molecular weight is 207 g/mol. The van der Waals surface area contributed by atoms with Gasteiger partial charge in [-0.1, -0.05) is 6.92 Å². The summed E-state index contributed by atoms with van der Waals surface area (Å²) < 4.78 is 2.81. The monoisotopic (exact) mass is 207 g/mol. The first kappa shape index (κ1) is 9.40. The first-order valence-corrected chi connectivity index (χ1v) is 5.18. The number of aryl methyl sites for hydroxylation is 2.